The summed E-state index contributed by atoms with van der Waals surface area (Å²) < 4.78 is 15.2. The van der Waals surface area contributed by atoms with Gasteiger partial charge in [0.1, 0.15) is 0 Å². The molecule has 126 valence electrons. The summed E-state index contributed by atoms with van der Waals surface area (Å²) >= 11 is 0. The highest BCUT2D eigenvalue weighted by molar-refractivity contribution is 5.85. The van der Waals surface area contributed by atoms with Crippen molar-refractivity contribution in [1.29, 1.82) is 0 Å². The molecule has 1 atom stereocenters. The number of hydrogen-bond donors (Lipinski definition) is 1. The molecule has 2 heterocycles. The quantitative estimate of drug-likeness (QED) is 0.918. The predicted octanol–water partition coefficient (Wildman–Crippen LogP) is 2.70. The molecule has 1 saturated heterocycles. The van der Waals surface area contributed by atoms with Gasteiger partial charge in [0.15, 0.2) is 0 Å². The van der Waals surface area contributed by atoms with Crippen molar-refractivity contribution in [2.45, 2.75) is 31.6 Å². The molecule has 0 spiro atoms. The fraction of sp³-hybridized carbons (Fsp3) is 0.368. The Morgan fingerprint density at radius 2 is 2.00 bits per heavy atom. The topological polar surface area (TPSA) is 45.2 Å². The van der Waals surface area contributed by atoms with Crippen LogP contribution in [0.1, 0.15) is 24.0 Å². The Balaban J connectivity index is 1.58. The SMILES string of the molecule is O=C(NCc1cccnc1)C1(F)CCCN(Cc2ccccc2)C1. The molecule has 0 bridgehead atoms. The third-order valence-corrected chi connectivity index (χ3v) is 4.35. The molecule has 0 radical (unpaired) electrons. The molecule has 1 aliphatic heterocycles. The van der Waals surface area contributed by atoms with Crippen molar-refractivity contribution in [2.75, 3.05) is 13.1 Å². The van der Waals surface area contributed by atoms with E-state index >= 15 is 4.39 Å². The second-order valence-electron chi connectivity index (χ2n) is 6.31. The maximum atomic E-state index is 15.2. The third kappa shape index (κ3) is 4.17. The summed E-state index contributed by atoms with van der Waals surface area (Å²) in [5.74, 6) is -0.524. The number of rotatable bonds is 5. The maximum Gasteiger partial charge on any atom is 0.259 e. The molecular weight excluding hydrogens is 305 g/mol. The Bertz CT molecular complexity index is 665. The molecule has 1 fully saturated rings. The van der Waals surface area contributed by atoms with Gasteiger partial charge in [0, 0.05) is 32.0 Å². The Kier molecular flexibility index (Phi) is 5.20. The van der Waals surface area contributed by atoms with Gasteiger partial charge in [0.2, 0.25) is 5.67 Å². The van der Waals surface area contributed by atoms with Gasteiger partial charge in [-0.25, -0.2) is 4.39 Å². The highest BCUT2D eigenvalue weighted by Gasteiger charge is 2.42. The van der Waals surface area contributed by atoms with E-state index in [1.54, 1.807) is 18.5 Å². The molecule has 0 aliphatic carbocycles. The number of halogens is 1. The first kappa shape index (κ1) is 16.6. The lowest BCUT2D eigenvalue weighted by molar-refractivity contribution is -0.137. The minimum atomic E-state index is -1.82. The molecule has 0 saturated carbocycles. The molecule has 1 aromatic carbocycles. The second-order valence-corrected chi connectivity index (χ2v) is 6.31. The van der Waals surface area contributed by atoms with Crippen LogP contribution >= 0.6 is 0 Å². The van der Waals surface area contributed by atoms with Gasteiger partial charge in [-0.3, -0.25) is 14.7 Å². The number of benzene rings is 1. The zero-order chi connectivity index (χ0) is 16.8. The van der Waals surface area contributed by atoms with Gasteiger partial charge < -0.3 is 5.32 Å². The van der Waals surface area contributed by atoms with Gasteiger partial charge >= 0.3 is 0 Å². The summed E-state index contributed by atoms with van der Waals surface area (Å²) in [7, 11) is 0. The van der Waals surface area contributed by atoms with Crippen LogP contribution in [-0.2, 0) is 17.9 Å². The number of pyridine rings is 1. The minimum absolute atomic E-state index is 0.140. The molecule has 1 aromatic heterocycles. The summed E-state index contributed by atoms with van der Waals surface area (Å²) in [6.07, 6.45) is 4.30. The molecule has 4 nitrogen and oxygen atoms in total. The number of hydrogen-bond acceptors (Lipinski definition) is 3. The van der Waals surface area contributed by atoms with Crippen LogP contribution in [-0.4, -0.2) is 34.5 Å². The smallest absolute Gasteiger partial charge is 0.259 e. The van der Waals surface area contributed by atoms with Gasteiger partial charge in [0.25, 0.3) is 5.91 Å². The van der Waals surface area contributed by atoms with E-state index in [4.69, 9.17) is 0 Å². The number of carbonyl (C=O) groups is 1. The molecule has 3 rings (SSSR count). The highest BCUT2D eigenvalue weighted by atomic mass is 19.1. The number of aromatic nitrogens is 1. The summed E-state index contributed by atoms with van der Waals surface area (Å²) in [5.41, 5.74) is 0.179. The normalized spacial score (nSPS) is 21.4. The summed E-state index contributed by atoms with van der Waals surface area (Å²) in [4.78, 5) is 18.4. The Morgan fingerprint density at radius 1 is 1.21 bits per heavy atom. The molecule has 1 aliphatic rings. The van der Waals surface area contributed by atoms with Gasteiger partial charge in [-0.2, -0.15) is 0 Å². The molecule has 1 N–H and O–H groups in total. The van der Waals surface area contributed by atoms with Crippen molar-refractivity contribution >= 4 is 5.91 Å². The average molecular weight is 327 g/mol. The van der Waals surface area contributed by atoms with Crippen molar-refractivity contribution in [1.82, 2.24) is 15.2 Å². The van der Waals surface area contributed by atoms with Gasteiger partial charge in [-0.05, 0) is 36.6 Å². The first-order valence-electron chi connectivity index (χ1n) is 8.28. The van der Waals surface area contributed by atoms with E-state index in [9.17, 15) is 4.79 Å². The number of piperidine rings is 1. The number of alkyl halides is 1. The average Bonchev–Trinajstić information content (AvgIpc) is 2.61. The van der Waals surface area contributed by atoms with Crippen molar-refractivity contribution in [2.24, 2.45) is 0 Å². The summed E-state index contributed by atoms with van der Waals surface area (Å²) in [6.45, 7) is 1.93. The number of amides is 1. The lowest BCUT2D eigenvalue weighted by atomic mass is 9.93. The Morgan fingerprint density at radius 3 is 2.75 bits per heavy atom. The van der Waals surface area contributed by atoms with Crippen LogP contribution < -0.4 is 5.32 Å². The zero-order valence-electron chi connectivity index (χ0n) is 13.6. The van der Waals surface area contributed by atoms with Crippen molar-refractivity contribution in [3.8, 4) is 0 Å². The minimum Gasteiger partial charge on any atom is -0.349 e. The van der Waals surface area contributed by atoms with E-state index in [-0.39, 0.29) is 13.0 Å². The first-order valence-corrected chi connectivity index (χ1v) is 8.28. The zero-order valence-corrected chi connectivity index (χ0v) is 13.6. The van der Waals surface area contributed by atoms with Crippen LogP contribution in [0.3, 0.4) is 0 Å². The molecule has 2 aromatic rings. The lowest BCUT2D eigenvalue weighted by Crippen LogP contribution is -2.53. The fourth-order valence-electron chi connectivity index (χ4n) is 3.10. The summed E-state index contributed by atoms with van der Waals surface area (Å²) in [6, 6.07) is 13.6. The number of likely N-dealkylation sites (tertiary alicyclic amines) is 1. The van der Waals surface area contributed by atoms with E-state index in [0.29, 0.717) is 19.5 Å². The van der Waals surface area contributed by atoms with E-state index in [0.717, 1.165) is 17.7 Å². The molecular formula is C19H22FN3O. The van der Waals surface area contributed by atoms with Crippen LogP contribution in [0, 0.1) is 0 Å². The lowest BCUT2D eigenvalue weighted by Gasteiger charge is -2.36. The van der Waals surface area contributed by atoms with Crippen LogP contribution in [0.15, 0.2) is 54.9 Å². The molecule has 1 amide bonds. The van der Waals surface area contributed by atoms with E-state index in [1.165, 1.54) is 0 Å². The van der Waals surface area contributed by atoms with Crippen molar-refractivity contribution < 1.29 is 9.18 Å². The summed E-state index contributed by atoms with van der Waals surface area (Å²) in [5, 5.41) is 2.71. The number of nitrogens with one attached hydrogen (secondary N) is 1. The number of nitrogens with zero attached hydrogens (tertiary/aromatic N) is 2. The molecule has 1 unspecified atom stereocenters. The Labute approximate surface area is 141 Å². The van der Waals surface area contributed by atoms with Crippen LogP contribution in [0.2, 0.25) is 0 Å². The third-order valence-electron chi connectivity index (χ3n) is 4.35. The predicted molar refractivity (Wildman–Crippen MR) is 90.9 cm³/mol. The van der Waals surface area contributed by atoms with Gasteiger partial charge in [0.05, 0.1) is 0 Å². The number of carbonyl (C=O) groups excluding carboxylic acids is 1. The van der Waals surface area contributed by atoms with Crippen LogP contribution in [0.5, 0.6) is 0 Å². The largest absolute Gasteiger partial charge is 0.349 e. The van der Waals surface area contributed by atoms with Gasteiger partial charge in [-0.15, -0.1) is 0 Å². The van der Waals surface area contributed by atoms with E-state index in [2.05, 4.69) is 10.3 Å². The highest BCUT2D eigenvalue weighted by Crippen LogP contribution is 2.27. The second kappa shape index (κ2) is 7.53. The molecule has 5 heteroatoms. The van der Waals surface area contributed by atoms with E-state index in [1.807, 2.05) is 41.3 Å². The Hall–Kier alpha value is -2.27. The monoisotopic (exact) mass is 327 g/mol. The van der Waals surface area contributed by atoms with E-state index < -0.39 is 11.6 Å². The standard InChI is InChI=1S/C19H22FN3O/c20-19(18(24)22-13-17-8-4-10-21-12-17)9-5-11-23(15-19)14-16-6-2-1-3-7-16/h1-4,6-8,10,12H,5,9,11,13-15H2,(H,22,24). The molecule has 24 heavy (non-hydrogen) atoms. The van der Waals surface area contributed by atoms with Crippen molar-refractivity contribution in [3.05, 3.63) is 66.0 Å². The fourth-order valence-corrected chi connectivity index (χ4v) is 3.10. The van der Waals surface area contributed by atoms with Crippen molar-refractivity contribution in [3.63, 3.8) is 0 Å². The van der Waals surface area contributed by atoms with Crippen LogP contribution in [0.25, 0.3) is 0 Å². The first-order chi connectivity index (χ1) is 11.7. The van der Waals surface area contributed by atoms with Gasteiger partial charge in [-0.1, -0.05) is 36.4 Å². The van der Waals surface area contributed by atoms with Crippen LogP contribution in [0.4, 0.5) is 4.39 Å². The maximum absolute atomic E-state index is 15.2.